The highest BCUT2D eigenvalue weighted by molar-refractivity contribution is 5.97. The van der Waals surface area contributed by atoms with Crippen LogP contribution in [0.1, 0.15) is 34.3 Å². The molecule has 0 aliphatic heterocycles. The molecule has 0 aliphatic rings. The second-order valence-electron chi connectivity index (χ2n) is 8.26. The van der Waals surface area contributed by atoms with E-state index in [2.05, 4.69) is 10.6 Å². The number of phenols is 1. The van der Waals surface area contributed by atoms with E-state index in [0.717, 1.165) is 29.7 Å². The lowest BCUT2D eigenvalue weighted by Gasteiger charge is -2.14. The van der Waals surface area contributed by atoms with Crippen LogP contribution in [0.3, 0.4) is 0 Å². The Kier molecular flexibility index (Phi) is 10.4. The largest absolute Gasteiger partial charge is 0.507 e. The van der Waals surface area contributed by atoms with Gasteiger partial charge in [0.1, 0.15) is 23.9 Å². The maximum absolute atomic E-state index is 12.5. The molecule has 1 atom stereocenters. The van der Waals surface area contributed by atoms with Crippen LogP contribution in [-0.4, -0.2) is 49.0 Å². The lowest BCUT2D eigenvalue weighted by Crippen LogP contribution is -2.30. The number of methoxy groups -OCH3 is 1. The van der Waals surface area contributed by atoms with Gasteiger partial charge in [0.15, 0.2) is 0 Å². The fraction of sp³-hybridized carbons (Fsp3) is 0.321. The molecule has 0 spiro atoms. The summed E-state index contributed by atoms with van der Waals surface area (Å²) in [5, 5.41) is 26.3. The van der Waals surface area contributed by atoms with Gasteiger partial charge in [-0.3, -0.25) is 4.79 Å². The summed E-state index contributed by atoms with van der Waals surface area (Å²) >= 11 is 0. The van der Waals surface area contributed by atoms with Gasteiger partial charge in [-0.1, -0.05) is 48.5 Å². The number of para-hydroxylation sites is 1. The fourth-order valence-corrected chi connectivity index (χ4v) is 3.71. The Morgan fingerprint density at radius 3 is 2.60 bits per heavy atom. The highest BCUT2D eigenvalue weighted by Crippen LogP contribution is 2.23. The number of hydrogen-bond acceptors (Lipinski definition) is 6. The number of nitrogens with one attached hydrogen (secondary N) is 2. The Labute approximate surface area is 206 Å². The van der Waals surface area contributed by atoms with Crippen LogP contribution in [-0.2, 0) is 13.0 Å². The number of carbonyl (C=O) groups excluding carboxylic acids is 1. The highest BCUT2D eigenvalue weighted by atomic mass is 16.5. The van der Waals surface area contributed by atoms with E-state index >= 15 is 0 Å². The highest BCUT2D eigenvalue weighted by Gasteiger charge is 2.13. The standard InChI is InChI=1S/C28H34N2O5/c1-34-27-13-6-5-10-22(27)11-7-12-23(31)20-29-16-17-35-24-14-15-26(32)25(18-24)28(33)30-19-21-8-3-2-4-9-21/h2-6,8-10,13-15,18,23,29,31-32H,7,11-12,16-17,19-20H2,1H3,(H,30,33). The number of phenolic OH excluding ortho intramolecular Hbond substituents is 1. The number of rotatable bonds is 14. The molecule has 0 saturated heterocycles. The molecule has 0 bridgehead atoms. The molecule has 0 saturated carbocycles. The van der Waals surface area contributed by atoms with Crippen molar-refractivity contribution in [2.45, 2.75) is 31.9 Å². The van der Waals surface area contributed by atoms with Crippen molar-refractivity contribution in [1.29, 1.82) is 0 Å². The molecular weight excluding hydrogens is 444 g/mol. The minimum Gasteiger partial charge on any atom is -0.507 e. The molecule has 3 aromatic carbocycles. The van der Waals surface area contributed by atoms with E-state index in [1.165, 1.54) is 12.1 Å². The lowest BCUT2D eigenvalue weighted by atomic mass is 10.0. The molecule has 0 fully saturated rings. The molecule has 0 radical (unpaired) electrons. The maximum atomic E-state index is 12.5. The SMILES string of the molecule is COc1ccccc1CCCC(O)CNCCOc1ccc(O)c(C(=O)NCc2ccccc2)c1. The molecule has 35 heavy (non-hydrogen) atoms. The molecule has 1 unspecified atom stereocenters. The summed E-state index contributed by atoms with van der Waals surface area (Å²) in [7, 11) is 1.67. The zero-order chi connectivity index (χ0) is 24.9. The van der Waals surface area contributed by atoms with E-state index in [1.54, 1.807) is 13.2 Å². The zero-order valence-electron chi connectivity index (χ0n) is 20.1. The van der Waals surface area contributed by atoms with E-state index in [0.29, 0.717) is 38.4 Å². The summed E-state index contributed by atoms with van der Waals surface area (Å²) in [6, 6.07) is 22.1. The van der Waals surface area contributed by atoms with Crippen molar-refractivity contribution in [3.05, 3.63) is 89.5 Å². The second kappa shape index (κ2) is 14.0. The van der Waals surface area contributed by atoms with E-state index < -0.39 is 6.10 Å². The lowest BCUT2D eigenvalue weighted by molar-refractivity contribution is 0.0947. The van der Waals surface area contributed by atoms with Gasteiger partial charge in [-0.25, -0.2) is 0 Å². The molecule has 7 nitrogen and oxygen atoms in total. The minimum absolute atomic E-state index is 0.0997. The van der Waals surface area contributed by atoms with E-state index in [1.807, 2.05) is 54.6 Å². The second-order valence-corrected chi connectivity index (χ2v) is 8.26. The summed E-state index contributed by atoms with van der Waals surface area (Å²) in [4.78, 5) is 12.5. The van der Waals surface area contributed by atoms with Gasteiger partial charge in [0.25, 0.3) is 5.91 Å². The van der Waals surface area contributed by atoms with Gasteiger partial charge in [0, 0.05) is 19.6 Å². The zero-order valence-corrected chi connectivity index (χ0v) is 20.1. The van der Waals surface area contributed by atoms with E-state index in [-0.39, 0.29) is 17.2 Å². The summed E-state index contributed by atoms with van der Waals surface area (Å²) in [5.41, 5.74) is 2.28. The molecule has 3 rings (SSSR count). The van der Waals surface area contributed by atoms with Crippen LogP contribution in [0, 0.1) is 0 Å². The molecule has 4 N–H and O–H groups in total. The van der Waals surface area contributed by atoms with Crippen LogP contribution < -0.4 is 20.1 Å². The van der Waals surface area contributed by atoms with Crippen LogP contribution in [0.5, 0.6) is 17.2 Å². The number of amides is 1. The van der Waals surface area contributed by atoms with Crippen molar-refractivity contribution >= 4 is 5.91 Å². The monoisotopic (exact) mass is 478 g/mol. The average Bonchev–Trinajstić information content (AvgIpc) is 2.89. The van der Waals surface area contributed by atoms with Crippen LogP contribution in [0.25, 0.3) is 0 Å². The fourth-order valence-electron chi connectivity index (χ4n) is 3.71. The minimum atomic E-state index is -0.446. The van der Waals surface area contributed by atoms with Crippen LogP contribution in [0.2, 0.25) is 0 Å². The number of carbonyl (C=O) groups is 1. The van der Waals surface area contributed by atoms with Crippen molar-refractivity contribution in [3.63, 3.8) is 0 Å². The Morgan fingerprint density at radius 2 is 1.80 bits per heavy atom. The summed E-state index contributed by atoms with van der Waals surface area (Å²) in [6.07, 6.45) is 1.96. The van der Waals surface area contributed by atoms with Crippen molar-refractivity contribution in [3.8, 4) is 17.2 Å². The van der Waals surface area contributed by atoms with Crippen molar-refractivity contribution in [2.75, 3.05) is 26.8 Å². The van der Waals surface area contributed by atoms with Crippen LogP contribution in [0.15, 0.2) is 72.8 Å². The van der Waals surface area contributed by atoms with Crippen molar-refractivity contribution in [1.82, 2.24) is 10.6 Å². The van der Waals surface area contributed by atoms with Crippen molar-refractivity contribution in [2.24, 2.45) is 0 Å². The first-order valence-electron chi connectivity index (χ1n) is 11.9. The van der Waals surface area contributed by atoms with E-state index in [4.69, 9.17) is 9.47 Å². The Hall–Kier alpha value is -3.55. The first kappa shape index (κ1) is 26.1. The number of aromatic hydroxyl groups is 1. The molecule has 7 heteroatoms. The molecule has 0 heterocycles. The average molecular weight is 479 g/mol. The van der Waals surface area contributed by atoms with Gasteiger partial charge in [-0.05, 0) is 54.7 Å². The smallest absolute Gasteiger partial charge is 0.255 e. The van der Waals surface area contributed by atoms with Crippen LogP contribution >= 0.6 is 0 Å². The van der Waals surface area contributed by atoms with Gasteiger partial charge in [-0.2, -0.15) is 0 Å². The Morgan fingerprint density at radius 1 is 1.03 bits per heavy atom. The molecule has 0 aromatic heterocycles. The van der Waals surface area contributed by atoms with Gasteiger partial charge >= 0.3 is 0 Å². The number of ether oxygens (including phenoxy) is 2. The first-order valence-corrected chi connectivity index (χ1v) is 11.9. The maximum Gasteiger partial charge on any atom is 0.255 e. The van der Waals surface area contributed by atoms with Gasteiger partial charge in [0.05, 0.1) is 18.8 Å². The van der Waals surface area contributed by atoms with E-state index in [9.17, 15) is 15.0 Å². The third kappa shape index (κ3) is 8.63. The van der Waals surface area contributed by atoms with Gasteiger partial charge in [-0.15, -0.1) is 0 Å². The third-order valence-corrected chi connectivity index (χ3v) is 5.61. The quantitative estimate of drug-likeness (QED) is 0.264. The topological polar surface area (TPSA) is 100 Å². The number of hydrogen-bond donors (Lipinski definition) is 4. The third-order valence-electron chi connectivity index (χ3n) is 5.61. The number of aryl methyl sites for hydroxylation is 1. The summed E-state index contributed by atoms with van der Waals surface area (Å²) < 4.78 is 11.1. The van der Waals surface area contributed by atoms with Crippen LogP contribution in [0.4, 0.5) is 0 Å². The summed E-state index contributed by atoms with van der Waals surface area (Å²) in [5.74, 6) is 0.901. The predicted octanol–water partition coefficient (Wildman–Crippen LogP) is 3.68. The Balaban J connectivity index is 1.34. The van der Waals surface area contributed by atoms with Gasteiger partial charge in [0.2, 0.25) is 0 Å². The first-order chi connectivity index (χ1) is 17.1. The molecule has 1 amide bonds. The molecule has 3 aromatic rings. The van der Waals surface area contributed by atoms with Gasteiger partial charge < -0.3 is 30.3 Å². The number of benzene rings is 3. The normalized spacial score (nSPS) is 11.6. The van der Waals surface area contributed by atoms with Crippen molar-refractivity contribution < 1.29 is 24.5 Å². The summed E-state index contributed by atoms with van der Waals surface area (Å²) in [6.45, 7) is 1.75. The Bertz CT molecular complexity index is 1060. The molecule has 0 aliphatic carbocycles. The number of aliphatic hydroxyl groups excluding tert-OH is 1. The number of aliphatic hydroxyl groups is 1. The molecule has 186 valence electrons. The molecular formula is C28H34N2O5. The predicted molar refractivity (Wildman–Crippen MR) is 136 cm³/mol.